The van der Waals surface area contributed by atoms with E-state index in [0.29, 0.717) is 0 Å². The normalized spacial score (nSPS) is 10.0. The summed E-state index contributed by atoms with van der Waals surface area (Å²) in [5, 5.41) is 8.98. The van der Waals surface area contributed by atoms with Crippen LogP contribution in [0.5, 0.6) is 5.75 Å². The second-order valence-corrected chi connectivity index (χ2v) is 2.57. The maximum absolute atomic E-state index is 12.6. The maximum Gasteiger partial charge on any atom is 0.127 e. The number of hydrogen-bond donors (Lipinski definition) is 1. The Labute approximate surface area is 65.5 Å². The Morgan fingerprint density at radius 2 is 2.09 bits per heavy atom. The van der Waals surface area contributed by atoms with Gasteiger partial charge in [0.1, 0.15) is 11.6 Å². The Morgan fingerprint density at radius 3 is 2.64 bits per heavy atom. The van der Waals surface area contributed by atoms with Crippen LogP contribution in [0.1, 0.15) is 18.9 Å². The number of halogens is 1. The molecule has 1 aromatic rings. The highest BCUT2D eigenvalue weighted by Crippen LogP contribution is 2.15. The average molecular weight is 154 g/mol. The Hall–Kier alpha value is -1.05. The van der Waals surface area contributed by atoms with Gasteiger partial charge in [-0.3, -0.25) is 0 Å². The van der Waals surface area contributed by atoms with E-state index in [1.54, 1.807) is 6.07 Å². The van der Waals surface area contributed by atoms with Crippen molar-refractivity contribution < 1.29 is 9.50 Å². The molecule has 0 aliphatic heterocycles. The Kier molecular flexibility index (Phi) is 2.47. The summed E-state index contributed by atoms with van der Waals surface area (Å²) in [6.07, 6.45) is 1.77. The van der Waals surface area contributed by atoms with E-state index >= 15 is 0 Å². The fourth-order valence-corrected chi connectivity index (χ4v) is 1.07. The van der Waals surface area contributed by atoms with Crippen molar-refractivity contribution in [1.82, 2.24) is 0 Å². The van der Waals surface area contributed by atoms with Gasteiger partial charge in [-0.25, -0.2) is 4.39 Å². The predicted molar refractivity (Wildman–Crippen MR) is 42.1 cm³/mol. The van der Waals surface area contributed by atoms with Gasteiger partial charge >= 0.3 is 0 Å². The topological polar surface area (TPSA) is 20.2 Å². The van der Waals surface area contributed by atoms with Gasteiger partial charge in [0.2, 0.25) is 0 Å². The number of aryl methyl sites for hydroxylation is 1. The van der Waals surface area contributed by atoms with Crippen LogP contribution in [0.15, 0.2) is 18.2 Å². The minimum absolute atomic E-state index is 0.00782. The van der Waals surface area contributed by atoms with Crippen LogP contribution in [0, 0.1) is 5.82 Å². The number of phenols is 1. The highest BCUT2D eigenvalue weighted by molar-refractivity contribution is 5.28. The monoisotopic (exact) mass is 154 g/mol. The second kappa shape index (κ2) is 3.37. The SMILES string of the molecule is CCCc1cc(O)cc(F)c1. The van der Waals surface area contributed by atoms with E-state index in [1.165, 1.54) is 6.07 Å². The van der Waals surface area contributed by atoms with Crippen molar-refractivity contribution in [1.29, 1.82) is 0 Å². The fraction of sp³-hybridized carbons (Fsp3) is 0.333. The van der Waals surface area contributed by atoms with E-state index in [0.717, 1.165) is 24.5 Å². The van der Waals surface area contributed by atoms with Crippen LogP contribution in [-0.2, 0) is 6.42 Å². The van der Waals surface area contributed by atoms with E-state index in [2.05, 4.69) is 0 Å². The molecule has 11 heavy (non-hydrogen) atoms. The van der Waals surface area contributed by atoms with Crippen LogP contribution in [0.3, 0.4) is 0 Å². The molecule has 1 aromatic carbocycles. The second-order valence-electron chi connectivity index (χ2n) is 2.57. The lowest BCUT2D eigenvalue weighted by Gasteiger charge is -1.99. The molecule has 2 heteroatoms. The van der Waals surface area contributed by atoms with Gasteiger partial charge in [0, 0.05) is 6.07 Å². The summed E-state index contributed by atoms with van der Waals surface area (Å²) < 4.78 is 12.6. The molecule has 0 radical (unpaired) electrons. The summed E-state index contributed by atoms with van der Waals surface area (Å²) in [5.74, 6) is -0.359. The lowest BCUT2D eigenvalue weighted by Crippen LogP contribution is -1.84. The third kappa shape index (κ3) is 2.22. The smallest absolute Gasteiger partial charge is 0.127 e. The maximum atomic E-state index is 12.6. The van der Waals surface area contributed by atoms with E-state index in [1.807, 2.05) is 6.92 Å². The minimum Gasteiger partial charge on any atom is -0.508 e. The van der Waals surface area contributed by atoms with E-state index < -0.39 is 0 Å². The Bertz CT molecular complexity index is 225. The minimum atomic E-state index is -0.367. The van der Waals surface area contributed by atoms with Crippen LogP contribution in [0.2, 0.25) is 0 Å². The molecule has 0 aliphatic rings. The summed E-state index contributed by atoms with van der Waals surface area (Å²) in [5.41, 5.74) is 0.852. The molecule has 0 amide bonds. The molecule has 0 saturated heterocycles. The molecule has 0 fully saturated rings. The lowest BCUT2D eigenvalue weighted by atomic mass is 10.1. The first kappa shape index (κ1) is 8.05. The fourth-order valence-electron chi connectivity index (χ4n) is 1.07. The lowest BCUT2D eigenvalue weighted by molar-refractivity contribution is 0.468. The summed E-state index contributed by atoms with van der Waals surface area (Å²) in [7, 11) is 0. The van der Waals surface area contributed by atoms with Crippen LogP contribution in [0.4, 0.5) is 4.39 Å². The first-order valence-electron chi connectivity index (χ1n) is 3.71. The quantitative estimate of drug-likeness (QED) is 0.693. The first-order valence-corrected chi connectivity index (χ1v) is 3.71. The molecule has 1 nitrogen and oxygen atoms in total. The summed E-state index contributed by atoms with van der Waals surface area (Å²) >= 11 is 0. The summed E-state index contributed by atoms with van der Waals surface area (Å²) in [6.45, 7) is 2.02. The van der Waals surface area contributed by atoms with Gasteiger partial charge in [-0.1, -0.05) is 13.3 Å². The van der Waals surface area contributed by atoms with Crippen molar-refractivity contribution >= 4 is 0 Å². The molecular formula is C9H11FO. The highest BCUT2D eigenvalue weighted by Gasteiger charge is 1.97. The number of rotatable bonds is 2. The van der Waals surface area contributed by atoms with Gasteiger partial charge in [0.25, 0.3) is 0 Å². The van der Waals surface area contributed by atoms with Crippen molar-refractivity contribution in [3.05, 3.63) is 29.6 Å². The van der Waals surface area contributed by atoms with Crippen molar-refractivity contribution in [2.24, 2.45) is 0 Å². The Morgan fingerprint density at radius 1 is 1.36 bits per heavy atom. The third-order valence-corrected chi connectivity index (χ3v) is 1.48. The average Bonchev–Trinajstić information content (AvgIpc) is 1.85. The molecule has 0 unspecified atom stereocenters. The van der Waals surface area contributed by atoms with Crippen LogP contribution < -0.4 is 0 Å². The molecule has 0 bridgehead atoms. The molecule has 60 valence electrons. The first-order chi connectivity index (χ1) is 5.22. The van der Waals surface area contributed by atoms with E-state index in [4.69, 9.17) is 5.11 Å². The summed E-state index contributed by atoms with van der Waals surface area (Å²) in [4.78, 5) is 0. The zero-order chi connectivity index (χ0) is 8.27. The molecule has 0 spiro atoms. The molecule has 0 heterocycles. The zero-order valence-corrected chi connectivity index (χ0v) is 6.47. The van der Waals surface area contributed by atoms with Crippen molar-refractivity contribution in [2.75, 3.05) is 0 Å². The van der Waals surface area contributed by atoms with E-state index in [9.17, 15) is 4.39 Å². The van der Waals surface area contributed by atoms with Crippen molar-refractivity contribution in [3.63, 3.8) is 0 Å². The molecule has 0 aliphatic carbocycles. The van der Waals surface area contributed by atoms with Gasteiger partial charge in [0.15, 0.2) is 0 Å². The van der Waals surface area contributed by atoms with Crippen LogP contribution >= 0.6 is 0 Å². The van der Waals surface area contributed by atoms with Crippen LogP contribution in [0.25, 0.3) is 0 Å². The largest absolute Gasteiger partial charge is 0.508 e. The number of hydrogen-bond acceptors (Lipinski definition) is 1. The Balaban J connectivity index is 2.89. The number of aromatic hydroxyl groups is 1. The van der Waals surface area contributed by atoms with Gasteiger partial charge in [-0.15, -0.1) is 0 Å². The van der Waals surface area contributed by atoms with Crippen LogP contribution in [-0.4, -0.2) is 5.11 Å². The molecule has 1 N–H and O–H groups in total. The van der Waals surface area contributed by atoms with Gasteiger partial charge < -0.3 is 5.11 Å². The number of benzene rings is 1. The molecule has 0 saturated carbocycles. The predicted octanol–water partition coefficient (Wildman–Crippen LogP) is 2.48. The van der Waals surface area contributed by atoms with Crippen molar-refractivity contribution in [3.8, 4) is 5.75 Å². The van der Waals surface area contributed by atoms with Gasteiger partial charge in [-0.05, 0) is 24.1 Å². The molecule has 0 aromatic heterocycles. The standard InChI is InChI=1S/C9H11FO/c1-2-3-7-4-8(10)6-9(11)5-7/h4-6,11H,2-3H2,1H3. The zero-order valence-electron chi connectivity index (χ0n) is 6.47. The molecular weight excluding hydrogens is 143 g/mol. The molecule has 0 atom stereocenters. The van der Waals surface area contributed by atoms with E-state index in [-0.39, 0.29) is 11.6 Å². The highest BCUT2D eigenvalue weighted by atomic mass is 19.1. The summed E-state index contributed by atoms with van der Waals surface area (Å²) in [6, 6.07) is 4.15. The number of phenolic OH excluding ortho intramolecular Hbond substituents is 1. The van der Waals surface area contributed by atoms with Gasteiger partial charge in [-0.2, -0.15) is 0 Å². The van der Waals surface area contributed by atoms with Gasteiger partial charge in [0.05, 0.1) is 0 Å². The third-order valence-electron chi connectivity index (χ3n) is 1.48. The molecule has 1 rings (SSSR count). The van der Waals surface area contributed by atoms with Crippen molar-refractivity contribution in [2.45, 2.75) is 19.8 Å².